The van der Waals surface area contributed by atoms with Crippen LogP contribution in [0.4, 0.5) is 5.82 Å². The van der Waals surface area contributed by atoms with Gasteiger partial charge in [0, 0.05) is 30.7 Å². The number of halogens is 1. The van der Waals surface area contributed by atoms with Crippen LogP contribution in [0.3, 0.4) is 0 Å². The van der Waals surface area contributed by atoms with Crippen molar-refractivity contribution < 1.29 is 4.74 Å². The average Bonchev–Trinajstić information content (AvgIpc) is 3.05. The van der Waals surface area contributed by atoms with E-state index in [0.717, 1.165) is 36.2 Å². The van der Waals surface area contributed by atoms with E-state index in [4.69, 9.17) is 21.3 Å². The van der Waals surface area contributed by atoms with Gasteiger partial charge in [-0.25, -0.2) is 15.0 Å². The van der Waals surface area contributed by atoms with Crippen molar-refractivity contribution in [3.05, 3.63) is 53.9 Å². The minimum absolute atomic E-state index is 0.0393. The molecule has 5 nitrogen and oxygen atoms in total. The number of ether oxygens (including phenoxy) is 1. The maximum Gasteiger partial charge on any atom is 0.252 e. The van der Waals surface area contributed by atoms with Gasteiger partial charge >= 0.3 is 0 Å². The summed E-state index contributed by atoms with van der Waals surface area (Å²) in [5, 5.41) is 1.45. The Morgan fingerprint density at radius 3 is 2.87 bits per heavy atom. The van der Waals surface area contributed by atoms with E-state index in [1.807, 2.05) is 18.2 Å². The highest BCUT2D eigenvalue weighted by atomic mass is 35.5. The smallest absolute Gasteiger partial charge is 0.252 e. The van der Waals surface area contributed by atoms with Crippen LogP contribution < -0.4 is 9.64 Å². The van der Waals surface area contributed by atoms with Gasteiger partial charge in [-0.1, -0.05) is 29.8 Å². The normalized spacial score (nSPS) is 17.6. The molecule has 23 heavy (non-hydrogen) atoms. The third kappa shape index (κ3) is 2.92. The summed E-state index contributed by atoms with van der Waals surface area (Å²) in [4.78, 5) is 15.1. The van der Waals surface area contributed by atoms with Crippen LogP contribution in [0, 0.1) is 0 Å². The zero-order chi connectivity index (χ0) is 15.6. The zero-order valence-corrected chi connectivity index (χ0v) is 13.1. The molecule has 3 aromatic rings. The highest BCUT2D eigenvalue weighted by molar-refractivity contribution is 6.30. The summed E-state index contributed by atoms with van der Waals surface area (Å²) in [6.07, 6.45) is 4.08. The highest BCUT2D eigenvalue weighted by Crippen LogP contribution is 2.25. The lowest BCUT2D eigenvalue weighted by Gasteiger charge is -2.18. The monoisotopic (exact) mass is 326 g/mol. The maximum absolute atomic E-state index is 6.00. The molecule has 6 heteroatoms. The first kappa shape index (κ1) is 14.2. The van der Waals surface area contributed by atoms with E-state index in [1.165, 1.54) is 0 Å². The summed E-state index contributed by atoms with van der Waals surface area (Å²) < 4.78 is 5.87. The summed E-state index contributed by atoms with van der Waals surface area (Å²) in [6.45, 7) is 1.66. The molecule has 1 unspecified atom stereocenters. The van der Waals surface area contributed by atoms with Crippen molar-refractivity contribution in [2.45, 2.75) is 12.5 Å². The number of anilines is 1. The lowest BCUT2D eigenvalue weighted by Crippen LogP contribution is -2.25. The molecule has 1 aliphatic rings. The standard InChI is InChI=1S/C17H15ClN4O/c18-16-17(20-9-8-19-16)23-13-7-10-22(11-13)15-6-5-12-3-1-2-4-14(12)21-15/h1-6,8-9,13H,7,10-11H2. The molecule has 0 N–H and O–H groups in total. The van der Waals surface area contributed by atoms with Crippen LogP contribution in [-0.2, 0) is 0 Å². The predicted octanol–water partition coefficient (Wildman–Crippen LogP) is 3.34. The van der Waals surface area contributed by atoms with Crippen LogP contribution in [-0.4, -0.2) is 34.1 Å². The Labute approximate surface area is 138 Å². The van der Waals surface area contributed by atoms with Crippen molar-refractivity contribution in [1.29, 1.82) is 0 Å². The van der Waals surface area contributed by atoms with Gasteiger partial charge in [0.05, 0.1) is 12.1 Å². The number of nitrogens with zero attached hydrogens (tertiary/aromatic N) is 4. The number of rotatable bonds is 3. The maximum atomic E-state index is 6.00. The van der Waals surface area contributed by atoms with E-state index in [2.05, 4.69) is 33.1 Å². The largest absolute Gasteiger partial charge is 0.470 e. The first-order chi connectivity index (χ1) is 11.3. The minimum atomic E-state index is 0.0393. The van der Waals surface area contributed by atoms with Crippen molar-refractivity contribution >= 4 is 28.3 Å². The summed E-state index contributed by atoms with van der Waals surface area (Å²) >= 11 is 6.00. The van der Waals surface area contributed by atoms with Gasteiger partial charge in [-0.2, -0.15) is 0 Å². The van der Waals surface area contributed by atoms with Crippen LogP contribution in [0.2, 0.25) is 5.15 Å². The fraction of sp³-hybridized carbons (Fsp3) is 0.235. The van der Waals surface area contributed by atoms with Crippen molar-refractivity contribution in [1.82, 2.24) is 15.0 Å². The number of para-hydroxylation sites is 1. The van der Waals surface area contributed by atoms with Gasteiger partial charge in [-0.15, -0.1) is 0 Å². The van der Waals surface area contributed by atoms with Crippen molar-refractivity contribution in [2.24, 2.45) is 0 Å². The minimum Gasteiger partial charge on any atom is -0.470 e. The SMILES string of the molecule is Clc1nccnc1OC1CCN(c2ccc3ccccc3n2)C1. The van der Waals surface area contributed by atoms with Crippen molar-refractivity contribution in [3.63, 3.8) is 0 Å². The summed E-state index contributed by atoms with van der Waals surface area (Å²) in [5.41, 5.74) is 1.01. The van der Waals surface area contributed by atoms with Gasteiger partial charge in [0.15, 0.2) is 5.15 Å². The molecule has 1 aromatic carbocycles. The highest BCUT2D eigenvalue weighted by Gasteiger charge is 2.26. The van der Waals surface area contributed by atoms with Crippen LogP contribution in [0.25, 0.3) is 10.9 Å². The average molecular weight is 327 g/mol. The van der Waals surface area contributed by atoms with Gasteiger partial charge in [0.25, 0.3) is 5.88 Å². The lowest BCUT2D eigenvalue weighted by molar-refractivity contribution is 0.215. The van der Waals surface area contributed by atoms with E-state index in [-0.39, 0.29) is 6.10 Å². The number of benzene rings is 1. The zero-order valence-electron chi connectivity index (χ0n) is 12.4. The molecule has 1 aliphatic heterocycles. The first-order valence-corrected chi connectivity index (χ1v) is 7.91. The molecule has 116 valence electrons. The van der Waals surface area contributed by atoms with Gasteiger partial charge < -0.3 is 9.64 Å². The number of hydrogen-bond acceptors (Lipinski definition) is 5. The second-order valence-corrected chi connectivity index (χ2v) is 5.85. The number of hydrogen-bond donors (Lipinski definition) is 0. The molecule has 0 saturated carbocycles. The van der Waals surface area contributed by atoms with Crippen LogP contribution in [0.5, 0.6) is 5.88 Å². The Balaban J connectivity index is 1.50. The summed E-state index contributed by atoms with van der Waals surface area (Å²) in [6, 6.07) is 12.3. The fourth-order valence-electron chi connectivity index (χ4n) is 2.81. The van der Waals surface area contributed by atoms with E-state index in [0.29, 0.717) is 11.0 Å². The number of aromatic nitrogens is 3. The second kappa shape index (κ2) is 6.01. The molecule has 4 rings (SSSR count). The van der Waals surface area contributed by atoms with E-state index in [9.17, 15) is 0 Å². The Bertz CT molecular complexity index is 841. The van der Waals surface area contributed by atoms with Gasteiger partial charge in [0.1, 0.15) is 11.9 Å². The lowest BCUT2D eigenvalue weighted by atomic mass is 10.2. The van der Waals surface area contributed by atoms with E-state index in [1.54, 1.807) is 12.4 Å². The number of pyridine rings is 1. The third-order valence-electron chi connectivity index (χ3n) is 3.95. The molecular formula is C17H15ClN4O. The van der Waals surface area contributed by atoms with Gasteiger partial charge in [0.2, 0.25) is 0 Å². The number of fused-ring (bicyclic) bond motifs is 1. The topological polar surface area (TPSA) is 51.1 Å². The molecular weight excluding hydrogens is 312 g/mol. The van der Waals surface area contributed by atoms with Gasteiger partial charge in [-0.3, -0.25) is 0 Å². The Morgan fingerprint density at radius 2 is 1.96 bits per heavy atom. The fourth-order valence-corrected chi connectivity index (χ4v) is 2.96. The van der Waals surface area contributed by atoms with Crippen LogP contribution >= 0.6 is 11.6 Å². The van der Waals surface area contributed by atoms with E-state index < -0.39 is 0 Å². The molecule has 2 aromatic heterocycles. The Morgan fingerprint density at radius 1 is 1.09 bits per heavy atom. The molecule has 0 aliphatic carbocycles. The van der Waals surface area contributed by atoms with E-state index >= 15 is 0 Å². The molecule has 0 spiro atoms. The molecule has 1 atom stereocenters. The van der Waals surface area contributed by atoms with Gasteiger partial charge in [-0.05, 0) is 18.2 Å². The molecule has 0 bridgehead atoms. The summed E-state index contributed by atoms with van der Waals surface area (Å²) in [5.74, 6) is 1.37. The van der Waals surface area contributed by atoms with Crippen LogP contribution in [0.15, 0.2) is 48.8 Å². The molecule has 1 saturated heterocycles. The quantitative estimate of drug-likeness (QED) is 0.739. The second-order valence-electron chi connectivity index (χ2n) is 5.49. The molecule has 0 amide bonds. The third-order valence-corrected chi connectivity index (χ3v) is 4.21. The molecule has 1 fully saturated rings. The summed E-state index contributed by atoms with van der Waals surface area (Å²) in [7, 11) is 0. The van der Waals surface area contributed by atoms with Crippen molar-refractivity contribution in [2.75, 3.05) is 18.0 Å². The van der Waals surface area contributed by atoms with Crippen molar-refractivity contribution in [3.8, 4) is 5.88 Å². The first-order valence-electron chi connectivity index (χ1n) is 7.53. The Kier molecular flexibility index (Phi) is 3.71. The Hall–Kier alpha value is -2.40. The molecule has 0 radical (unpaired) electrons. The van der Waals surface area contributed by atoms with Crippen LogP contribution in [0.1, 0.15) is 6.42 Å². The molecule has 3 heterocycles. The predicted molar refractivity (Wildman–Crippen MR) is 90.0 cm³/mol.